The number of benzene rings is 3. The average Bonchev–Trinajstić information content (AvgIpc) is 3.22. The highest BCUT2D eigenvalue weighted by Gasteiger charge is 2.43. The van der Waals surface area contributed by atoms with E-state index in [9.17, 15) is 22.8 Å². The van der Waals surface area contributed by atoms with Crippen LogP contribution >= 0.6 is 11.6 Å². The lowest BCUT2D eigenvalue weighted by Gasteiger charge is -2.27. The van der Waals surface area contributed by atoms with Crippen LogP contribution in [0.4, 0.5) is 23.7 Å². The van der Waals surface area contributed by atoms with E-state index < -0.39 is 34.2 Å². The summed E-state index contributed by atoms with van der Waals surface area (Å²) in [4.78, 5) is 25.2. The number of hydrogen-bond acceptors (Lipinski definition) is 4. The van der Waals surface area contributed by atoms with E-state index in [1.165, 1.54) is 29.3 Å². The predicted molar refractivity (Wildman–Crippen MR) is 140 cm³/mol. The van der Waals surface area contributed by atoms with Gasteiger partial charge in [-0.05, 0) is 62.7 Å². The molecule has 1 aliphatic rings. The molecule has 0 saturated carbocycles. The average molecular weight is 544 g/mol. The van der Waals surface area contributed by atoms with Crippen LogP contribution in [0.1, 0.15) is 47.8 Å². The number of urea groups is 1. The van der Waals surface area contributed by atoms with Crippen molar-refractivity contribution in [3.05, 3.63) is 100 Å². The third-order valence-corrected chi connectivity index (χ3v) is 6.43. The van der Waals surface area contributed by atoms with Crippen LogP contribution in [-0.2, 0) is 16.3 Å². The molecule has 1 N–H and O–H groups in total. The summed E-state index contributed by atoms with van der Waals surface area (Å²) in [6, 6.07) is 18.4. The van der Waals surface area contributed by atoms with Crippen molar-refractivity contribution in [3.8, 4) is 0 Å². The number of hydrogen-bond donors (Lipinski definition) is 1. The molecule has 198 valence electrons. The lowest BCUT2D eigenvalue weighted by Crippen LogP contribution is -2.38. The van der Waals surface area contributed by atoms with Crippen LogP contribution in [-0.4, -0.2) is 35.4 Å². The summed E-state index contributed by atoms with van der Waals surface area (Å²) in [5.41, 5.74) is 0.606. The highest BCUT2D eigenvalue weighted by Crippen LogP contribution is 2.39. The molecule has 1 heterocycles. The first kappa shape index (κ1) is 27.2. The number of alkyl halides is 3. The number of amides is 2. The van der Waals surface area contributed by atoms with Crippen LogP contribution in [0.2, 0.25) is 5.02 Å². The lowest BCUT2D eigenvalue weighted by atomic mass is 9.76. The number of carbonyl (C=O) groups is 2. The second kappa shape index (κ2) is 10.5. The van der Waals surface area contributed by atoms with Crippen LogP contribution < -0.4 is 5.32 Å². The van der Waals surface area contributed by atoms with Crippen molar-refractivity contribution in [1.82, 2.24) is 5.01 Å². The predicted octanol–water partition coefficient (Wildman–Crippen LogP) is 7.13. The summed E-state index contributed by atoms with van der Waals surface area (Å²) in [7, 11) is 0. The molecule has 0 fully saturated rings. The van der Waals surface area contributed by atoms with Crippen molar-refractivity contribution in [2.24, 2.45) is 5.10 Å². The third kappa shape index (κ3) is 5.67. The normalized spacial score (nSPS) is 17.4. The van der Waals surface area contributed by atoms with Gasteiger partial charge in [0.1, 0.15) is 0 Å². The van der Waals surface area contributed by atoms with E-state index in [2.05, 4.69) is 10.4 Å². The van der Waals surface area contributed by atoms with E-state index >= 15 is 0 Å². The van der Waals surface area contributed by atoms with Gasteiger partial charge in [0.25, 0.3) is 0 Å². The van der Waals surface area contributed by atoms with Crippen LogP contribution in [0.5, 0.6) is 0 Å². The zero-order valence-corrected chi connectivity index (χ0v) is 21.6. The number of anilines is 1. The number of nitrogens with zero attached hydrogens (tertiary/aromatic N) is 2. The molecule has 0 bridgehead atoms. The van der Waals surface area contributed by atoms with Crippen LogP contribution in [0.15, 0.2) is 77.9 Å². The van der Waals surface area contributed by atoms with Crippen molar-refractivity contribution in [1.29, 1.82) is 0 Å². The van der Waals surface area contributed by atoms with Crippen molar-refractivity contribution < 1.29 is 27.5 Å². The van der Waals surface area contributed by atoms with Gasteiger partial charge in [-0.25, -0.2) is 14.6 Å². The number of nitrogens with one attached hydrogen (secondary N) is 1. The van der Waals surface area contributed by atoms with Crippen molar-refractivity contribution >= 4 is 35.0 Å². The number of rotatable bonds is 5. The molecular weight excluding hydrogens is 519 g/mol. The summed E-state index contributed by atoms with van der Waals surface area (Å²) < 4.78 is 45.0. The number of hydrazone groups is 1. The van der Waals surface area contributed by atoms with E-state index in [-0.39, 0.29) is 12.6 Å². The van der Waals surface area contributed by atoms with Gasteiger partial charge >= 0.3 is 18.2 Å². The van der Waals surface area contributed by atoms with E-state index in [0.29, 0.717) is 22.5 Å². The van der Waals surface area contributed by atoms with Crippen LogP contribution in [0.3, 0.4) is 0 Å². The van der Waals surface area contributed by atoms with Gasteiger partial charge in [-0.1, -0.05) is 48.0 Å². The maximum Gasteiger partial charge on any atom is 0.417 e. The van der Waals surface area contributed by atoms with Crippen molar-refractivity contribution in [2.45, 2.75) is 38.5 Å². The molecule has 38 heavy (non-hydrogen) atoms. The van der Waals surface area contributed by atoms with Gasteiger partial charge in [0.2, 0.25) is 0 Å². The number of carbonyl (C=O) groups excluding carboxylic acids is 2. The maximum atomic E-state index is 13.3. The fourth-order valence-electron chi connectivity index (χ4n) is 4.22. The number of ether oxygens (including phenoxy) is 1. The molecule has 10 heteroatoms. The molecule has 3 aromatic carbocycles. The monoisotopic (exact) mass is 543 g/mol. The minimum atomic E-state index is -4.59. The van der Waals surface area contributed by atoms with Gasteiger partial charge in [-0.3, -0.25) is 0 Å². The fraction of sp³-hybridized carbons (Fsp3) is 0.250. The van der Waals surface area contributed by atoms with E-state index in [0.717, 1.165) is 11.6 Å². The number of esters is 1. The summed E-state index contributed by atoms with van der Waals surface area (Å²) in [5.74, 6) is -0.472. The van der Waals surface area contributed by atoms with E-state index in [1.54, 1.807) is 26.0 Å². The smallest absolute Gasteiger partial charge is 0.417 e. The first-order valence-electron chi connectivity index (χ1n) is 11.8. The van der Waals surface area contributed by atoms with E-state index in [4.69, 9.17) is 16.3 Å². The Bertz CT molecular complexity index is 1380. The third-order valence-electron chi connectivity index (χ3n) is 6.12. The zero-order chi connectivity index (χ0) is 27.7. The van der Waals surface area contributed by atoms with Crippen molar-refractivity contribution in [2.75, 3.05) is 11.9 Å². The van der Waals surface area contributed by atoms with Gasteiger partial charge in [-0.2, -0.15) is 18.3 Å². The molecule has 0 spiro atoms. The molecule has 0 aromatic heterocycles. The molecule has 0 radical (unpaired) electrons. The van der Waals surface area contributed by atoms with Crippen LogP contribution in [0.25, 0.3) is 0 Å². The Morgan fingerprint density at radius 2 is 1.71 bits per heavy atom. The Labute approximate surface area is 223 Å². The molecule has 0 saturated heterocycles. The maximum absolute atomic E-state index is 13.3. The second-order valence-corrected chi connectivity index (χ2v) is 9.77. The molecule has 6 nitrogen and oxygen atoms in total. The Balaban J connectivity index is 1.63. The fourth-order valence-corrected chi connectivity index (χ4v) is 4.51. The molecule has 1 aliphatic heterocycles. The highest BCUT2D eigenvalue weighted by atomic mass is 35.5. The largest absolute Gasteiger partial charge is 0.459 e. The summed E-state index contributed by atoms with van der Waals surface area (Å²) in [5, 5.41) is 8.04. The minimum absolute atomic E-state index is 0.135. The topological polar surface area (TPSA) is 71.0 Å². The van der Waals surface area contributed by atoms with Gasteiger partial charge < -0.3 is 10.1 Å². The Morgan fingerprint density at radius 1 is 1.05 bits per heavy atom. The molecule has 3 aromatic rings. The SMILES string of the molecule is CC(C)OC(=O)c1ccc(NC(=O)N2CC(C)(c3ccccc3)C(c3ccc(C(F)(F)F)c(Cl)c3)=N2)cc1. The molecule has 1 unspecified atom stereocenters. The Hall–Kier alpha value is -3.85. The Kier molecular flexibility index (Phi) is 7.51. The molecule has 4 rings (SSSR count). The number of halogens is 4. The van der Waals surface area contributed by atoms with Gasteiger partial charge in [0, 0.05) is 11.3 Å². The Morgan fingerprint density at radius 3 is 2.29 bits per heavy atom. The minimum Gasteiger partial charge on any atom is -0.459 e. The van der Waals surface area contributed by atoms with Gasteiger partial charge in [-0.15, -0.1) is 0 Å². The standard InChI is InChI=1S/C28H25ClF3N3O3/c1-17(2)38-25(36)18-9-12-21(13-10-18)33-26(37)35-16-27(3,20-7-5-4-6-8-20)24(34-35)19-11-14-22(23(29)15-19)28(30,31)32/h4-15,17H,16H2,1-3H3,(H,33,37). The van der Waals surface area contributed by atoms with Crippen LogP contribution in [0, 0.1) is 0 Å². The first-order chi connectivity index (χ1) is 17.9. The van der Waals surface area contributed by atoms with E-state index in [1.807, 2.05) is 37.3 Å². The second-order valence-electron chi connectivity index (χ2n) is 9.36. The quantitative estimate of drug-likeness (QED) is 0.348. The summed E-state index contributed by atoms with van der Waals surface area (Å²) in [6.07, 6.45) is -4.86. The first-order valence-corrected chi connectivity index (χ1v) is 12.2. The zero-order valence-electron chi connectivity index (χ0n) is 20.8. The summed E-state index contributed by atoms with van der Waals surface area (Å²) in [6.45, 7) is 5.50. The van der Waals surface area contributed by atoms with Gasteiger partial charge in [0.15, 0.2) is 0 Å². The molecular formula is C28H25ClF3N3O3. The summed E-state index contributed by atoms with van der Waals surface area (Å²) >= 11 is 6.00. The van der Waals surface area contributed by atoms with Gasteiger partial charge in [0.05, 0.1) is 39.9 Å². The lowest BCUT2D eigenvalue weighted by molar-refractivity contribution is -0.137. The highest BCUT2D eigenvalue weighted by molar-refractivity contribution is 6.32. The molecule has 0 aliphatic carbocycles. The van der Waals surface area contributed by atoms with Crippen molar-refractivity contribution in [3.63, 3.8) is 0 Å². The molecule has 1 atom stereocenters. The molecule has 2 amide bonds.